The van der Waals surface area contributed by atoms with Crippen LogP contribution in [0.3, 0.4) is 0 Å². The molecule has 3 rings (SSSR count). The summed E-state index contributed by atoms with van der Waals surface area (Å²) < 4.78 is 14.7. The van der Waals surface area contributed by atoms with Crippen molar-refractivity contribution in [1.29, 1.82) is 0 Å². The van der Waals surface area contributed by atoms with E-state index in [1.165, 1.54) is 26.4 Å². The van der Waals surface area contributed by atoms with E-state index in [1.54, 1.807) is 30.3 Å². The number of fused-ring (bicyclic) bond motifs is 1. The van der Waals surface area contributed by atoms with Crippen LogP contribution in [0.25, 0.3) is 22.1 Å². The monoisotopic (exact) mass is 372 g/mol. The summed E-state index contributed by atoms with van der Waals surface area (Å²) in [5, 5.41) is 0.997. The zero-order chi connectivity index (χ0) is 18.8. The number of carbonyl (C=O) groups is 2. The van der Waals surface area contributed by atoms with Crippen LogP contribution in [-0.4, -0.2) is 26.2 Å². The quantitative estimate of drug-likeness (QED) is 0.515. The highest BCUT2D eigenvalue weighted by Crippen LogP contribution is 2.26. The van der Waals surface area contributed by atoms with Crippen molar-refractivity contribution in [3.8, 4) is 11.1 Å². The van der Waals surface area contributed by atoms with E-state index in [0.29, 0.717) is 21.5 Å². The highest BCUT2D eigenvalue weighted by molar-refractivity contribution is 6.30. The molecule has 26 heavy (non-hydrogen) atoms. The molecule has 7 heteroatoms. The fourth-order valence-electron chi connectivity index (χ4n) is 2.56. The van der Waals surface area contributed by atoms with Gasteiger partial charge >= 0.3 is 17.6 Å². The van der Waals surface area contributed by atoms with Crippen LogP contribution in [0.1, 0.15) is 20.7 Å². The molecule has 0 saturated heterocycles. The van der Waals surface area contributed by atoms with Gasteiger partial charge in [0.15, 0.2) is 0 Å². The summed E-state index contributed by atoms with van der Waals surface area (Å²) in [6.07, 6.45) is 0. The molecule has 0 bridgehead atoms. The topological polar surface area (TPSA) is 82.8 Å². The Balaban J connectivity index is 2.26. The predicted molar refractivity (Wildman–Crippen MR) is 95.6 cm³/mol. The van der Waals surface area contributed by atoms with E-state index in [1.807, 2.05) is 0 Å². The molecule has 0 aliphatic rings. The Labute approximate surface area is 152 Å². The third kappa shape index (κ3) is 3.19. The Morgan fingerprint density at radius 2 is 1.50 bits per heavy atom. The first-order chi connectivity index (χ1) is 12.4. The molecule has 132 valence electrons. The standard InChI is InChI=1S/C19H13ClO6/c1-24-17(21)14-8-11-7-13(10-3-5-12(20)6-4-10)19(23)26-16(11)9-15(14)18(22)25-2/h3-9H,1-2H3. The number of benzene rings is 2. The Bertz CT molecular complexity index is 1070. The Kier molecular flexibility index (Phi) is 4.77. The van der Waals surface area contributed by atoms with Gasteiger partial charge in [-0.2, -0.15) is 0 Å². The van der Waals surface area contributed by atoms with Crippen LogP contribution in [0.4, 0.5) is 0 Å². The Morgan fingerprint density at radius 1 is 0.923 bits per heavy atom. The molecule has 0 atom stereocenters. The van der Waals surface area contributed by atoms with Crippen molar-refractivity contribution in [3.63, 3.8) is 0 Å². The van der Waals surface area contributed by atoms with Gasteiger partial charge in [0.1, 0.15) is 5.58 Å². The van der Waals surface area contributed by atoms with Crippen molar-refractivity contribution < 1.29 is 23.5 Å². The third-order valence-electron chi connectivity index (χ3n) is 3.84. The summed E-state index contributed by atoms with van der Waals surface area (Å²) >= 11 is 5.87. The lowest BCUT2D eigenvalue weighted by Gasteiger charge is -2.09. The van der Waals surface area contributed by atoms with Crippen LogP contribution in [0.5, 0.6) is 0 Å². The van der Waals surface area contributed by atoms with E-state index in [4.69, 9.17) is 20.8 Å². The smallest absolute Gasteiger partial charge is 0.344 e. The lowest BCUT2D eigenvalue weighted by atomic mass is 10.0. The average molecular weight is 373 g/mol. The van der Waals surface area contributed by atoms with Gasteiger partial charge in [-0.1, -0.05) is 23.7 Å². The van der Waals surface area contributed by atoms with Gasteiger partial charge in [-0.15, -0.1) is 0 Å². The predicted octanol–water partition coefficient (Wildman–Crippen LogP) is 3.69. The average Bonchev–Trinajstić information content (AvgIpc) is 2.66. The highest BCUT2D eigenvalue weighted by atomic mass is 35.5. The summed E-state index contributed by atoms with van der Waals surface area (Å²) in [4.78, 5) is 36.3. The maximum absolute atomic E-state index is 12.3. The van der Waals surface area contributed by atoms with Gasteiger partial charge < -0.3 is 13.9 Å². The van der Waals surface area contributed by atoms with Gasteiger partial charge in [0.05, 0.1) is 30.9 Å². The number of esters is 2. The lowest BCUT2D eigenvalue weighted by Crippen LogP contribution is -2.12. The largest absolute Gasteiger partial charge is 0.465 e. The highest BCUT2D eigenvalue weighted by Gasteiger charge is 2.21. The second kappa shape index (κ2) is 7.01. The van der Waals surface area contributed by atoms with Crippen LogP contribution in [-0.2, 0) is 9.47 Å². The van der Waals surface area contributed by atoms with Crippen molar-refractivity contribution in [1.82, 2.24) is 0 Å². The zero-order valence-electron chi connectivity index (χ0n) is 13.9. The van der Waals surface area contributed by atoms with E-state index in [2.05, 4.69) is 4.74 Å². The summed E-state index contributed by atoms with van der Waals surface area (Å²) in [5.74, 6) is -1.44. The molecule has 0 aliphatic carbocycles. The second-order valence-electron chi connectivity index (χ2n) is 5.37. The van der Waals surface area contributed by atoms with Crippen molar-refractivity contribution in [2.24, 2.45) is 0 Å². The lowest BCUT2D eigenvalue weighted by molar-refractivity contribution is 0.0555. The zero-order valence-corrected chi connectivity index (χ0v) is 14.6. The molecule has 6 nitrogen and oxygen atoms in total. The minimum absolute atomic E-state index is 0.0164. The van der Waals surface area contributed by atoms with Gasteiger partial charge in [0.2, 0.25) is 0 Å². The number of rotatable bonds is 3. The fourth-order valence-corrected chi connectivity index (χ4v) is 2.68. The molecule has 3 aromatic rings. The van der Waals surface area contributed by atoms with Gasteiger partial charge in [-0.05, 0) is 35.9 Å². The molecule has 0 saturated carbocycles. The maximum atomic E-state index is 12.3. The summed E-state index contributed by atoms with van der Waals surface area (Å²) in [5.41, 5.74) is 0.455. The minimum Gasteiger partial charge on any atom is -0.465 e. The number of halogens is 1. The molecule has 1 aromatic heterocycles. The van der Waals surface area contributed by atoms with Crippen molar-refractivity contribution >= 4 is 34.5 Å². The first kappa shape index (κ1) is 17.7. The molecule has 0 N–H and O–H groups in total. The minimum atomic E-state index is -0.739. The first-order valence-electron chi connectivity index (χ1n) is 7.49. The third-order valence-corrected chi connectivity index (χ3v) is 4.09. The van der Waals surface area contributed by atoms with E-state index in [-0.39, 0.29) is 16.7 Å². The molecule has 0 amide bonds. The number of ether oxygens (including phenoxy) is 2. The molecule has 2 aromatic carbocycles. The molecule has 0 spiro atoms. The van der Waals surface area contributed by atoms with Crippen LogP contribution in [0.15, 0.2) is 51.7 Å². The number of hydrogen-bond donors (Lipinski definition) is 0. The van der Waals surface area contributed by atoms with Gasteiger partial charge in [-0.25, -0.2) is 14.4 Å². The molecular formula is C19H13ClO6. The maximum Gasteiger partial charge on any atom is 0.344 e. The van der Waals surface area contributed by atoms with E-state index in [9.17, 15) is 14.4 Å². The molecule has 0 unspecified atom stereocenters. The van der Waals surface area contributed by atoms with Crippen LogP contribution in [0.2, 0.25) is 5.02 Å². The van der Waals surface area contributed by atoms with Gasteiger partial charge in [-0.3, -0.25) is 0 Å². The second-order valence-corrected chi connectivity index (χ2v) is 5.81. The summed E-state index contributed by atoms with van der Waals surface area (Å²) in [7, 11) is 2.39. The van der Waals surface area contributed by atoms with Crippen molar-refractivity contribution in [2.75, 3.05) is 14.2 Å². The summed E-state index contributed by atoms with van der Waals surface area (Å²) in [6, 6.07) is 11.0. The number of methoxy groups -OCH3 is 2. The van der Waals surface area contributed by atoms with E-state index >= 15 is 0 Å². The van der Waals surface area contributed by atoms with Crippen LogP contribution in [0, 0.1) is 0 Å². The molecule has 0 radical (unpaired) electrons. The molecule has 0 fully saturated rings. The normalized spacial score (nSPS) is 10.6. The summed E-state index contributed by atoms with van der Waals surface area (Å²) in [6.45, 7) is 0. The Morgan fingerprint density at radius 3 is 2.08 bits per heavy atom. The van der Waals surface area contributed by atoms with Crippen molar-refractivity contribution in [2.45, 2.75) is 0 Å². The number of hydrogen-bond acceptors (Lipinski definition) is 6. The fraction of sp³-hybridized carbons (Fsp3) is 0.105. The van der Waals surface area contributed by atoms with E-state index < -0.39 is 17.6 Å². The van der Waals surface area contributed by atoms with Crippen molar-refractivity contribution in [3.05, 3.63) is 69.0 Å². The van der Waals surface area contributed by atoms with E-state index in [0.717, 1.165) is 0 Å². The number of carbonyl (C=O) groups excluding carboxylic acids is 2. The van der Waals surface area contributed by atoms with Gasteiger partial charge in [0.25, 0.3) is 0 Å². The molecular weight excluding hydrogens is 360 g/mol. The first-order valence-corrected chi connectivity index (χ1v) is 7.87. The Hall–Kier alpha value is -3.12. The van der Waals surface area contributed by atoms with Gasteiger partial charge in [0, 0.05) is 10.4 Å². The SMILES string of the molecule is COC(=O)c1cc2cc(-c3ccc(Cl)cc3)c(=O)oc2cc1C(=O)OC. The molecule has 0 aliphatic heterocycles. The van der Waals surface area contributed by atoms with Crippen LogP contribution >= 0.6 is 11.6 Å². The molecule has 1 heterocycles. The van der Waals surface area contributed by atoms with Crippen LogP contribution < -0.4 is 5.63 Å².